The predicted molar refractivity (Wildman–Crippen MR) is 86.6 cm³/mol. The van der Waals surface area contributed by atoms with Gasteiger partial charge in [0.15, 0.2) is 17.3 Å². The van der Waals surface area contributed by atoms with Crippen LogP contribution in [0.4, 0.5) is 11.5 Å². The van der Waals surface area contributed by atoms with E-state index in [1.165, 1.54) is 0 Å². The molecular weight excluding hydrogens is 286 g/mol. The highest BCUT2D eigenvalue weighted by atomic mass is 15.0. The average Bonchev–Trinajstić information content (AvgIpc) is 2.62. The zero-order valence-electron chi connectivity index (χ0n) is 12.1. The van der Waals surface area contributed by atoms with Crippen molar-refractivity contribution in [2.45, 2.75) is 0 Å². The number of anilines is 2. The van der Waals surface area contributed by atoms with E-state index < -0.39 is 0 Å². The standard InChI is InChI=1S/C18H11N5/c19-11-15-16(12-20)22-17(13-7-3-1-4-8-13)23-18(15)21-14-9-5-2-6-10-14/h1-10H,(H,21,22,23). The minimum atomic E-state index is 0.0554. The summed E-state index contributed by atoms with van der Waals surface area (Å²) < 4.78 is 0. The first-order valence-electron chi connectivity index (χ1n) is 6.91. The van der Waals surface area contributed by atoms with E-state index in [4.69, 9.17) is 0 Å². The Hall–Kier alpha value is -3.70. The molecule has 0 fully saturated rings. The fourth-order valence-corrected chi connectivity index (χ4v) is 2.11. The molecular formula is C18H11N5. The zero-order chi connectivity index (χ0) is 16.1. The van der Waals surface area contributed by atoms with E-state index in [2.05, 4.69) is 15.3 Å². The molecule has 0 saturated carbocycles. The maximum absolute atomic E-state index is 9.35. The number of rotatable bonds is 3. The molecule has 0 spiro atoms. The van der Waals surface area contributed by atoms with Gasteiger partial charge in [-0.15, -0.1) is 0 Å². The monoisotopic (exact) mass is 297 g/mol. The maximum atomic E-state index is 9.35. The van der Waals surface area contributed by atoms with E-state index in [0.29, 0.717) is 11.6 Å². The molecule has 0 aliphatic carbocycles. The second-order valence-electron chi connectivity index (χ2n) is 4.70. The van der Waals surface area contributed by atoms with Crippen LogP contribution in [-0.2, 0) is 0 Å². The zero-order valence-corrected chi connectivity index (χ0v) is 12.1. The third-order valence-electron chi connectivity index (χ3n) is 3.20. The van der Waals surface area contributed by atoms with Gasteiger partial charge in [0, 0.05) is 11.3 Å². The number of hydrogen-bond donors (Lipinski definition) is 1. The molecule has 0 aliphatic heterocycles. The van der Waals surface area contributed by atoms with Crippen LogP contribution in [-0.4, -0.2) is 9.97 Å². The van der Waals surface area contributed by atoms with E-state index >= 15 is 0 Å². The van der Waals surface area contributed by atoms with Crippen molar-refractivity contribution in [3.8, 4) is 23.5 Å². The summed E-state index contributed by atoms with van der Waals surface area (Å²) in [4.78, 5) is 8.62. The quantitative estimate of drug-likeness (QED) is 0.797. The molecule has 108 valence electrons. The second-order valence-corrected chi connectivity index (χ2v) is 4.70. The first-order valence-corrected chi connectivity index (χ1v) is 6.91. The fourth-order valence-electron chi connectivity index (χ4n) is 2.11. The van der Waals surface area contributed by atoms with Crippen LogP contribution in [0.5, 0.6) is 0 Å². The van der Waals surface area contributed by atoms with E-state index in [1.54, 1.807) is 0 Å². The first kappa shape index (κ1) is 14.2. The van der Waals surface area contributed by atoms with Gasteiger partial charge in [0.1, 0.15) is 17.7 Å². The smallest absolute Gasteiger partial charge is 0.164 e. The summed E-state index contributed by atoms with van der Waals surface area (Å²) >= 11 is 0. The summed E-state index contributed by atoms with van der Waals surface area (Å²) in [5.41, 5.74) is 1.76. The molecule has 3 rings (SSSR count). The lowest BCUT2D eigenvalue weighted by molar-refractivity contribution is 1.13. The van der Waals surface area contributed by atoms with Crippen LogP contribution in [0.3, 0.4) is 0 Å². The van der Waals surface area contributed by atoms with Gasteiger partial charge >= 0.3 is 0 Å². The Balaban J connectivity index is 2.14. The van der Waals surface area contributed by atoms with Gasteiger partial charge in [-0.2, -0.15) is 10.5 Å². The number of hydrogen-bond acceptors (Lipinski definition) is 5. The van der Waals surface area contributed by atoms with Crippen molar-refractivity contribution in [2.24, 2.45) is 0 Å². The number of para-hydroxylation sites is 1. The second kappa shape index (κ2) is 6.38. The van der Waals surface area contributed by atoms with Gasteiger partial charge in [0.2, 0.25) is 0 Å². The summed E-state index contributed by atoms with van der Waals surface area (Å²) in [5.74, 6) is 0.726. The van der Waals surface area contributed by atoms with Crippen molar-refractivity contribution in [1.29, 1.82) is 10.5 Å². The molecule has 0 unspecified atom stereocenters. The van der Waals surface area contributed by atoms with Gasteiger partial charge in [-0.3, -0.25) is 0 Å². The maximum Gasteiger partial charge on any atom is 0.164 e. The van der Waals surface area contributed by atoms with Crippen LogP contribution in [0.25, 0.3) is 11.4 Å². The van der Waals surface area contributed by atoms with Gasteiger partial charge in [-0.1, -0.05) is 48.5 Å². The number of aromatic nitrogens is 2. The van der Waals surface area contributed by atoms with Gasteiger partial charge in [-0.05, 0) is 12.1 Å². The molecule has 5 nitrogen and oxygen atoms in total. The molecule has 0 radical (unpaired) electrons. The van der Waals surface area contributed by atoms with Crippen LogP contribution in [0.1, 0.15) is 11.3 Å². The molecule has 0 aliphatic rings. The van der Waals surface area contributed by atoms with Gasteiger partial charge in [-0.25, -0.2) is 9.97 Å². The lowest BCUT2D eigenvalue weighted by Gasteiger charge is -2.10. The number of nitrogens with zero attached hydrogens (tertiary/aromatic N) is 4. The summed E-state index contributed by atoms with van der Waals surface area (Å²) in [6.07, 6.45) is 0. The van der Waals surface area contributed by atoms with E-state index in [9.17, 15) is 10.5 Å². The summed E-state index contributed by atoms with van der Waals surface area (Å²) in [5, 5.41) is 21.7. The lowest BCUT2D eigenvalue weighted by atomic mass is 10.1. The SMILES string of the molecule is N#Cc1nc(-c2ccccc2)nc(Nc2ccccc2)c1C#N. The summed E-state index contributed by atoms with van der Waals surface area (Å²) in [6, 6.07) is 22.7. The van der Waals surface area contributed by atoms with Crippen LogP contribution in [0.15, 0.2) is 60.7 Å². The van der Waals surface area contributed by atoms with E-state index in [0.717, 1.165) is 11.3 Å². The first-order chi connectivity index (χ1) is 11.3. The molecule has 3 aromatic rings. The van der Waals surface area contributed by atoms with Crippen LogP contribution >= 0.6 is 0 Å². The Labute approximate surface area is 133 Å². The molecule has 0 atom stereocenters. The highest BCUT2D eigenvalue weighted by Gasteiger charge is 2.15. The molecule has 2 aromatic carbocycles. The van der Waals surface area contributed by atoms with Crippen molar-refractivity contribution in [2.75, 3.05) is 5.32 Å². The van der Waals surface area contributed by atoms with Crippen molar-refractivity contribution < 1.29 is 0 Å². The van der Waals surface area contributed by atoms with Crippen molar-refractivity contribution >= 4 is 11.5 Å². The molecule has 5 heteroatoms. The van der Waals surface area contributed by atoms with Crippen molar-refractivity contribution in [3.63, 3.8) is 0 Å². The largest absolute Gasteiger partial charge is 0.339 e. The molecule has 23 heavy (non-hydrogen) atoms. The highest BCUT2D eigenvalue weighted by molar-refractivity contribution is 5.69. The van der Waals surface area contributed by atoms with Gasteiger partial charge in [0.25, 0.3) is 0 Å². The number of nitriles is 2. The highest BCUT2D eigenvalue weighted by Crippen LogP contribution is 2.24. The third-order valence-corrected chi connectivity index (χ3v) is 3.20. The average molecular weight is 297 g/mol. The molecule has 0 amide bonds. The van der Waals surface area contributed by atoms with Crippen LogP contribution in [0.2, 0.25) is 0 Å². The minimum absolute atomic E-state index is 0.0554. The van der Waals surface area contributed by atoms with E-state index in [-0.39, 0.29) is 11.3 Å². The predicted octanol–water partition coefficient (Wildman–Crippen LogP) is 3.63. The molecule has 1 heterocycles. The fraction of sp³-hybridized carbons (Fsp3) is 0. The van der Waals surface area contributed by atoms with Gasteiger partial charge in [0.05, 0.1) is 0 Å². The lowest BCUT2D eigenvalue weighted by Crippen LogP contribution is -2.04. The molecule has 1 N–H and O–H groups in total. The Morgan fingerprint density at radius 1 is 0.783 bits per heavy atom. The molecule has 0 bridgehead atoms. The van der Waals surface area contributed by atoms with E-state index in [1.807, 2.05) is 72.8 Å². The van der Waals surface area contributed by atoms with Crippen LogP contribution < -0.4 is 5.32 Å². The van der Waals surface area contributed by atoms with Crippen LogP contribution in [0, 0.1) is 22.7 Å². The Bertz CT molecular complexity index is 906. The summed E-state index contributed by atoms with van der Waals surface area (Å²) in [7, 11) is 0. The summed E-state index contributed by atoms with van der Waals surface area (Å²) in [6.45, 7) is 0. The van der Waals surface area contributed by atoms with Gasteiger partial charge < -0.3 is 5.32 Å². The number of nitrogens with one attached hydrogen (secondary N) is 1. The van der Waals surface area contributed by atoms with Crippen molar-refractivity contribution in [3.05, 3.63) is 71.9 Å². The Kier molecular flexibility index (Phi) is 3.95. The Morgan fingerprint density at radius 3 is 2.04 bits per heavy atom. The molecule has 0 saturated heterocycles. The Morgan fingerprint density at radius 2 is 1.43 bits per heavy atom. The third kappa shape index (κ3) is 2.99. The minimum Gasteiger partial charge on any atom is -0.339 e. The number of benzene rings is 2. The van der Waals surface area contributed by atoms with Crippen molar-refractivity contribution in [1.82, 2.24) is 9.97 Å². The normalized spacial score (nSPS) is 9.65. The topological polar surface area (TPSA) is 85.4 Å². The molecule has 1 aromatic heterocycles.